The summed E-state index contributed by atoms with van der Waals surface area (Å²) in [7, 11) is 0. The largest absolute Gasteiger partial charge is 0.465 e. The highest BCUT2D eigenvalue weighted by molar-refractivity contribution is 5.30. The molecule has 1 aliphatic heterocycles. The second-order valence-corrected chi connectivity index (χ2v) is 5.85. The average molecular weight is 328 g/mol. The summed E-state index contributed by atoms with van der Waals surface area (Å²) in [4.78, 5) is 0. The molecule has 5 heteroatoms. The van der Waals surface area contributed by atoms with E-state index in [0.29, 0.717) is 24.5 Å². The van der Waals surface area contributed by atoms with Crippen molar-refractivity contribution < 1.29 is 23.0 Å². The van der Waals surface area contributed by atoms with Crippen LogP contribution >= 0.6 is 0 Å². The Labute approximate surface area is 136 Å². The quantitative estimate of drug-likeness (QED) is 0.612. The van der Waals surface area contributed by atoms with Gasteiger partial charge in [0.25, 0.3) is 0 Å². The van der Waals surface area contributed by atoms with Gasteiger partial charge in [-0.2, -0.15) is 0 Å². The van der Waals surface area contributed by atoms with Crippen molar-refractivity contribution in [3.63, 3.8) is 0 Å². The zero-order chi connectivity index (χ0) is 16.5. The fourth-order valence-corrected chi connectivity index (χ4v) is 2.52. The maximum Gasteiger partial charge on any atom is 0.247 e. The molecule has 0 N–H and O–H groups in total. The highest BCUT2D eigenvalue weighted by Gasteiger charge is 2.23. The Kier molecular flexibility index (Phi) is 7.76. The summed E-state index contributed by atoms with van der Waals surface area (Å²) in [6.45, 7) is 3.33. The van der Waals surface area contributed by atoms with Crippen molar-refractivity contribution in [1.29, 1.82) is 0 Å². The summed E-state index contributed by atoms with van der Waals surface area (Å²) in [5.41, 5.74) is 0.577. The minimum absolute atomic E-state index is 0.0452. The number of benzene rings is 1. The molecule has 2 atom stereocenters. The van der Waals surface area contributed by atoms with Crippen LogP contribution in [0, 0.1) is 0 Å². The first kappa shape index (κ1) is 18.1. The summed E-state index contributed by atoms with van der Waals surface area (Å²) >= 11 is 0. The van der Waals surface area contributed by atoms with Gasteiger partial charge >= 0.3 is 0 Å². The standard InChI is InChI=1S/C18H26F2O3/c1-2-3-11-21-13-16(18(19)20)14-7-9-15(10-8-14)23-17-6-4-5-12-22-17/h7-10,16-18H,2-6,11-13H2,1H3/t16?,17-/m1/s1. The summed E-state index contributed by atoms with van der Waals surface area (Å²) < 4.78 is 43.1. The second-order valence-electron chi connectivity index (χ2n) is 5.85. The van der Waals surface area contributed by atoms with Gasteiger partial charge in [-0.05, 0) is 37.0 Å². The van der Waals surface area contributed by atoms with Gasteiger partial charge in [-0.15, -0.1) is 0 Å². The normalized spacial score (nSPS) is 19.7. The number of halogens is 2. The van der Waals surface area contributed by atoms with Crippen LogP contribution in [-0.2, 0) is 9.47 Å². The molecule has 1 unspecified atom stereocenters. The molecule has 3 nitrogen and oxygen atoms in total. The van der Waals surface area contributed by atoms with Crippen LogP contribution in [0.1, 0.15) is 50.5 Å². The van der Waals surface area contributed by atoms with Crippen molar-refractivity contribution in [3.8, 4) is 5.75 Å². The van der Waals surface area contributed by atoms with Crippen molar-refractivity contribution in [2.24, 2.45) is 0 Å². The van der Waals surface area contributed by atoms with Gasteiger partial charge in [0, 0.05) is 13.0 Å². The first-order chi connectivity index (χ1) is 11.2. The summed E-state index contributed by atoms with van der Waals surface area (Å²) in [6, 6.07) is 6.85. The molecule has 0 saturated carbocycles. The molecule has 2 rings (SSSR count). The lowest BCUT2D eigenvalue weighted by Gasteiger charge is -2.23. The van der Waals surface area contributed by atoms with Crippen LogP contribution < -0.4 is 4.74 Å². The average Bonchev–Trinajstić information content (AvgIpc) is 2.57. The van der Waals surface area contributed by atoms with Crippen LogP contribution in [0.15, 0.2) is 24.3 Å². The predicted molar refractivity (Wildman–Crippen MR) is 85.1 cm³/mol. The Morgan fingerprint density at radius 3 is 2.61 bits per heavy atom. The zero-order valence-corrected chi connectivity index (χ0v) is 13.7. The van der Waals surface area contributed by atoms with Crippen molar-refractivity contribution >= 4 is 0 Å². The van der Waals surface area contributed by atoms with Gasteiger partial charge in [0.15, 0.2) is 6.29 Å². The smallest absolute Gasteiger partial charge is 0.247 e. The van der Waals surface area contributed by atoms with Crippen molar-refractivity contribution in [2.75, 3.05) is 19.8 Å². The third kappa shape index (κ3) is 6.07. The van der Waals surface area contributed by atoms with E-state index in [1.54, 1.807) is 24.3 Å². The van der Waals surface area contributed by atoms with Crippen LogP contribution in [0.25, 0.3) is 0 Å². The van der Waals surface area contributed by atoms with Gasteiger partial charge in [0.2, 0.25) is 6.43 Å². The Morgan fingerprint density at radius 1 is 1.22 bits per heavy atom. The molecule has 0 aliphatic carbocycles. The first-order valence-electron chi connectivity index (χ1n) is 8.44. The molecule has 23 heavy (non-hydrogen) atoms. The monoisotopic (exact) mass is 328 g/mol. The van der Waals surface area contributed by atoms with E-state index in [2.05, 4.69) is 0 Å². The van der Waals surface area contributed by atoms with E-state index in [-0.39, 0.29) is 12.9 Å². The SMILES string of the molecule is CCCCOCC(c1ccc(O[C@@H]2CCCCO2)cc1)C(F)F. The predicted octanol–water partition coefficient (Wildman–Crippen LogP) is 4.76. The van der Waals surface area contributed by atoms with Crippen molar-refractivity contribution in [2.45, 2.75) is 57.7 Å². The first-order valence-corrected chi connectivity index (χ1v) is 8.44. The van der Waals surface area contributed by atoms with Crippen LogP contribution in [-0.4, -0.2) is 32.5 Å². The summed E-state index contributed by atoms with van der Waals surface area (Å²) in [5, 5.41) is 0. The molecule has 1 fully saturated rings. The van der Waals surface area contributed by atoms with E-state index >= 15 is 0 Å². The minimum Gasteiger partial charge on any atom is -0.465 e. The topological polar surface area (TPSA) is 27.7 Å². The van der Waals surface area contributed by atoms with Gasteiger partial charge in [0.05, 0.1) is 19.1 Å². The van der Waals surface area contributed by atoms with Crippen molar-refractivity contribution in [3.05, 3.63) is 29.8 Å². The van der Waals surface area contributed by atoms with Crippen LogP contribution in [0.3, 0.4) is 0 Å². The third-order valence-corrected chi connectivity index (χ3v) is 3.96. The number of unbranched alkanes of at least 4 members (excludes halogenated alkanes) is 1. The number of alkyl halides is 2. The van der Waals surface area contributed by atoms with E-state index < -0.39 is 12.3 Å². The molecule has 0 bridgehead atoms. The second kappa shape index (κ2) is 9.83. The van der Waals surface area contributed by atoms with Gasteiger partial charge in [-0.3, -0.25) is 0 Å². The molecule has 0 amide bonds. The molecule has 1 saturated heterocycles. The molecule has 130 valence electrons. The maximum absolute atomic E-state index is 13.2. The molecule has 0 spiro atoms. The molecule has 1 aliphatic rings. The van der Waals surface area contributed by atoms with Crippen molar-refractivity contribution in [1.82, 2.24) is 0 Å². The van der Waals surface area contributed by atoms with E-state index in [1.165, 1.54) is 0 Å². The molecule has 0 aromatic heterocycles. The van der Waals surface area contributed by atoms with Gasteiger partial charge in [0.1, 0.15) is 5.75 Å². The Balaban J connectivity index is 1.89. The van der Waals surface area contributed by atoms with Gasteiger partial charge in [-0.25, -0.2) is 8.78 Å². The van der Waals surface area contributed by atoms with E-state index in [0.717, 1.165) is 32.1 Å². The van der Waals surface area contributed by atoms with Crippen LogP contribution in [0.5, 0.6) is 5.75 Å². The Hall–Kier alpha value is -1.20. The zero-order valence-electron chi connectivity index (χ0n) is 13.7. The molecule has 1 aromatic rings. The Bertz CT molecular complexity index is 430. The lowest BCUT2D eigenvalue weighted by atomic mass is 10.0. The number of rotatable bonds is 9. The molecule has 1 aromatic carbocycles. The molecular formula is C18H26F2O3. The van der Waals surface area contributed by atoms with Gasteiger partial charge in [-0.1, -0.05) is 25.5 Å². The minimum atomic E-state index is -2.44. The lowest BCUT2D eigenvalue weighted by Crippen LogP contribution is -2.25. The number of ether oxygens (including phenoxy) is 3. The maximum atomic E-state index is 13.2. The fraction of sp³-hybridized carbons (Fsp3) is 0.667. The van der Waals surface area contributed by atoms with E-state index in [1.807, 2.05) is 6.92 Å². The number of hydrogen-bond acceptors (Lipinski definition) is 3. The Morgan fingerprint density at radius 2 is 2.00 bits per heavy atom. The van der Waals surface area contributed by atoms with E-state index in [9.17, 15) is 8.78 Å². The van der Waals surface area contributed by atoms with E-state index in [4.69, 9.17) is 14.2 Å². The molecule has 0 radical (unpaired) electrons. The fourth-order valence-electron chi connectivity index (χ4n) is 2.52. The summed E-state index contributed by atoms with van der Waals surface area (Å²) in [6.07, 6.45) is 2.24. The highest BCUT2D eigenvalue weighted by Crippen LogP contribution is 2.27. The summed E-state index contributed by atoms with van der Waals surface area (Å²) in [5.74, 6) is -0.243. The molecular weight excluding hydrogens is 302 g/mol. The molecule has 1 heterocycles. The number of hydrogen-bond donors (Lipinski definition) is 0. The third-order valence-electron chi connectivity index (χ3n) is 3.96. The van der Waals surface area contributed by atoms with Crippen LogP contribution in [0.4, 0.5) is 8.78 Å². The lowest BCUT2D eigenvalue weighted by molar-refractivity contribution is -0.105. The highest BCUT2D eigenvalue weighted by atomic mass is 19.3. The van der Waals surface area contributed by atoms with Gasteiger partial charge < -0.3 is 14.2 Å². The van der Waals surface area contributed by atoms with Crippen LogP contribution in [0.2, 0.25) is 0 Å².